The highest BCUT2D eigenvalue weighted by Crippen LogP contribution is 2.28. The first-order valence-corrected chi connectivity index (χ1v) is 7.97. The molecule has 114 valence electrons. The van der Waals surface area contributed by atoms with Gasteiger partial charge in [-0.2, -0.15) is 0 Å². The highest BCUT2D eigenvalue weighted by Gasteiger charge is 2.19. The fourth-order valence-electron chi connectivity index (χ4n) is 3.49. The Balaban J connectivity index is 1.79. The van der Waals surface area contributed by atoms with Crippen LogP contribution in [0.5, 0.6) is 0 Å². The van der Waals surface area contributed by atoms with Crippen molar-refractivity contribution < 1.29 is 5.21 Å². The number of aryl methyl sites for hydroxylation is 1. The predicted molar refractivity (Wildman–Crippen MR) is 85.6 cm³/mol. The van der Waals surface area contributed by atoms with Crippen LogP contribution in [0.1, 0.15) is 30.7 Å². The van der Waals surface area contributed by atoms with Crippen molar-refractivity contribution in [1.82, 2.24) is 14.9 Å². The molecule has 0 aliphatic carbocycles. The second kappa shape index (κ2) is 6.60. The van der Waals surface area contributed by atoms with E-state index >= 15 is 0 Å². The molecule has 0 radical (unpaired) electrons. The maximum Gasteiger partial charge on any atom is 0.0398 e. The summed E-state index contributed by atoms with van der Waals surface area (Å²) >= 11 is 0. The fourth-order valence-corrected chi connectivity index (χ4v) is 3.49. The Morgan fingerprint density at radius 1 is 1.14 bits per heavy atom. The van der Waals surface area contributed by atoms with Crippen molar-refractivity contribution in [2.75, 3.05) is 19.6 Å². The molecule has 0 fully saturated rings. The van der Waals surface area contributed by atoms with Crippen molar-refractivity contribution in [3.8, 4) is 0 Å². The summed E-state index contributed by atoms with van der Waals surface area (Å²) in [6.07, 6.45) is 3.37. The third-order valence-corrected chi connectivity index (χ3v) is 4.60. The van der Waals surface area contributed by atoms with Crippen molar-refractivity contribution in [2.24, 2.45) is 0 Å². The monoisotopic (exact) mass is 287 g/mol. The Morgan fingerprint density at radius 2 is 1.95 bits per heavy atom. The first-order chi connectivity index (χ1) is 10.3. The molecule has 2 aromatic rings. The topological polar surface area (TPSA) is 40.4 Å². The van der Waals surface area contributed by atoms with Crippen LogP contribution in [-0.2, 0) is 13.1 Å². The van der Waals surface area contributed by atoms with Crippen LogP contribution in [0.25, 0.3) is 10.8 Å². The molecule has 4 heteroatoms. The summed E-state index contributed by atoms with van der Waals surface area (Å²) in [6, 6.07) is 8.77. The second-order valence-corrected chi connectivity index (χ2v) is 5.97. The lowest BCUT2D eigenvalue weighted by atomic mass is 10.1. The van der Waals surface area contributed by atoms with Crippen molar-refractivity contribution in [2.45, 2.75) is 39.3 Å². The average Bonchev–Trinajstić information content (AvgIpc) is 2.67. The molecule has 0 bridgehead atoms. The Hall–Kier alpha value is -1.36. The summed E-state index contributed by atoms with van der Waals surface area (Å²) in [7, 11) is 0. The van der Waals surface area contributed by atoms with Gasteiger partial charge in [0, 0.05) is 48.3 Å². The third kappa shape index (κ3) is 2.98. The van der Waals surface area contributed by atoms with E-state index in [2.05, 4.69) is 46.1 Å². The number of rotatable bonds is 5. The summed E-state index contributed by atoms with van der Waals surface area (Å²) in [5, 5.41) is 11.4. The molecule has 0 atom stereocenters. The van der Waals surface area contributed by atoms with Gasteiger partial charge in [-0.15, -0.1) is 0 Å². The van der Waals surface area contributed by atoms with E-state index in [0.717, 1.165) is 32.5 Å². The van der Waals surface area contributed by atoms with Crippen LogP contribution in [0.2, 0.25) is 0 Å². The molecular formula is C17H25N3O. The minimum absolute atomic E-state index is 0.687. The Morgan fingerprint density at radius 3 is 2.76 bits per heavy atom. The maximum absolute atomic E-state index is 8.63. The number of unbranched alkanes of at least 4 members (excludes halogenated alkanes) is 1. The van der Waals surface area contributed by atoms with Gasteiger partial charge in [0.05, 0.1) is 0 Å². The average molecular weight is 287 g/mol. The van der Waals surface area contributed by atoms with Crippen LogP contribution in [0.15, 0.2) is 24.3 Å². The van der Waals surface area contributed by atoms with Gasteiger partial charge in [0.2, 0.25) is 0 Å². The molecule has 0 spiro atoms. The highest BCUT2D eigenvalue weighted by molar-refractivity contribution is 5.88. The van der Waals surface area contributed by atoms with Crippen molar-refractivity contribution in [3.05, 3.63) is 35.7 Å². The number of aromatic nitrogens is 1. The largest absolute Gasteiger partial charge is 0.346 e. The van der Waals surface area contributed by atoms with Crippen molar-refractivity contribution in [1.29, 1.82) is 0 Å². The smallest absolute Gasteiger partial charge is 0.0398 e. The number of nitrogens with one attached hydrogen (secondary N) is 1. The van der Waals surface area contributed by atoms with Gasteiger partial charge in [0.15, 0.2) is 0 Å². The van der Waals surface area contributed by atoms with Gasteiger partial charge < -0.3 is 9.77 Å². The zero-order chi connectivity index (χ0) is 14.7. The molecule has 2 N–H and O–H groups in total. The molecule has 0 unspecified atom stereocenters. The van der Waals surface area contributed by atoms with Gasteiger partial charge in [-0.1, -0.05) is 24.3 Å². The van der Waals surface area contributed by atoms with Crippen molar-refractivity contribution in [3.63, 3.8) is 0 Å². The summed E-state index contributed by atoms with van der Waals surface area (Å²) in [6.45, 7) is 7.38. The number of nitrogens with zero attached hydrogens (tertiary/aromatic N) is 2. The number of hydrogen-bond donors (Lipinski definition) is 2. The Labute approximate surface area is 126 Å². The summed E-state index contributed by atoms with van der Waals surface area (Å²) in [5.74, 6) is 0. The lowest BCUT2D eigenvalue weighted by Crippen LogP contribution is -2.25. The fraction of sp³-hybridized carbons (Fsp3) is 0.529. The van der Waals surface area contributed by atoms with Gasteiger partial charge >= 0.3 is 0 Å². The summed E-state index contributed by atoms with van der Waals surface area (Å²) in [5.41, 5.74) is 5.12. The summed E-state index contributed by atoms with van der Waals surface area (Å²) < 4.78 is 2.51. The molecule has 4 nitrogen and oxygen atoms in total. The zero-order valence-corrected chi connectivity index (χ0v) is 12.8. The number of benzene rings is 1. The van der Waals surface area contributed by atoms with Gasteiger partial charge in [0.1, 0.15) is 0 Å². The van der Waals surface area contributed by atoms with Crippen LogP contribution < -0.4 is 5.48 Å². The molecule has 1 aliphatic heterocycles. The van der Waals surface area contributed by atoms with Crippen LogP contribution in [0, 0.1) is 6.92 Å². The Kier molecular flexibility index (Phi) is 4.58. The first kappa shape index (κ1) is 14.6. The summed E-state index contributed by atoms with van der Waals surface area (Å²) in [4.78, 5) is 2.56. The number of hydrogen-bond acceptors (Lipinski definition) is 3. The molecule has 1 aliphatic rings. The minimum atomic E-state index is 0.687. The third-order valence-electron chi connectivity index (χ3n) is 4.60. The van der Waals surface area contributed by atoms with E-state index < -0.39 is 0 Å². The van der Waals surface area contributed by atoms with E-state index in [1.807, 2.05) is 0 Å². The van der Waals surface area contributed by atoms with E-state index in [1.165, 1.54) is 35.1 Å². The number of fused-ring (bicyclic) bond motifs is 3. The van der Waals surface area contributed by atoms with E-state index in [0.29, 0.717) is 6.54 Å². The highest BCUT2D eigenvalue weighted by atomic mass is 16.5. The van der Waals surface area contributed by atoms with E-state index in [-0.39, 0.29) is 0 Å². The lowest BCUT2D eigenvalue weighted by molar-refractivity contribution is 0.162. The lowest BCUT2D eigenvalue weighted by Gasteiger charge is -2.19. The molecular weight excluding hydrogens is 262 g/mol. The molecule has 1 aromatic heterocycles. The van der Waals surface area contributed by atoms with Crippen LogP contribution >= 0.6 is 0 Å². The van der Waals surface area contributed by atoms with E-state index in [4.69, 9.17) is 5.21 Å². The molecule has 2 heterocycles. The zero-order valence-electron chi connectivity index (χ0n) is 12.8. The molecule has 3 rings (SSSR count). The van der Waals surface area contributed by atoms with Crippen LogP contribution in [0.3, 0.4) is 0 Å². The minimum Gasteiger partial charge on any atom is -0.346 e. The quantitative estimate of drug-likeness (QED) is 0.656. The maximum atomic E-state index is 8.63. The molecule has 21 heavy (non-hydrogen) atoms. The van der Waals surface area contributed by atoms with E-state index in [9.17, 15) is 0 Å². The van der Waals surface area contributed by atoms with E-state index in [1.54, 1.807) is 0 Å². The van der Waals surface area contributed by atoms with Gasteiger partial charge in [0.25, 0.3) is 0 Å². The predicted octanol–water partition coefficient (Wildman–Crippen LogP) is 2.91. The molecule has 0 saturated heterocycles. The number of hydroxylamine groups is 1. The standard InChI is InChI=1S/C17H25N3O/c1-14-15-7-2-3-8-16(15)17-13-19(10-5-4-9-18-21)11-6-12-20(14)17/h2-3,7-8,18,21H,4-6,9-13H2,1H3. The van der Waals surface area contributed by atoms with Crippen LogP contribution in [-0.4, -0.2) is 34.3 Å². The van der Waals surface area contributed by atoms with Crippen molar-refractivity contribution >= 4 is 10.8 Å². The SMILES string of the molecule is Cc1c2ccccc2c2n1CCCN(CCCCNO)C2. The van der Waals surface area contributed by atoms with Gasteiger partial charge in [-0.3, -0.25) is 4.90 Å². The van der Waals surface area contributed by atoms with Gasteiger partial charge in [-0.05, 0) is 32.7 Å². The Bertz CT molecular complexity index is 605. The molecule has 0 amide bonds. The van der Waals surface area contributed by atoms with Gasteiger partial charge in [-0.25, -0.2) is 5.48 Å². The molecule has 1 aromatic carbocycles. The second-order valence-electron chi connectivity index (χ2n) is 5.97. The first-order valence-electron chi connectivity index (χ1n) is 7.97. The normalized spacial score (nSPS) is 16.1. The van der Waals surface area contributed by atoms with Crippen LogP contribution in [0.4, 0.5) is 0 Å². The molecule has 0 saturated carbocycles.